The summed E-state index contributed by atoms with van der Waals surface area (Å²) in [6.45, 7) is 4.64. The van der Waals surface area contributed by atoms with Gasteiger partial charge in [0.1, 0.15) is 5.69 Å². The van der Waals surface area contributed by atoms with E-state index in [-0.39, 0.29) is 11.7 Å². The van der Waals surface area contributed by atoms with Crippen molar-refractivity contribution in [3.63, 3.8) is 0 Å². The van der Waals surface area contributed by atoms with Gasteiger partial charge in [-0.3, -0.25) is 4.79 Å². The summed E-state index contributed by atoms with van der Waals surface area (Å²) < 4.78 is 0. The van der Waals surface area contributed by atoms with Crippen LogP contribution in [0.1, 0.15) is 42.6 Å². The fourth-order valence-electron chi connectivity index (χ4n) is 3.31. The number of alkyl halides is 1. The fraction of sp³-hybridized carbons (Fsp3) is 0.733. The number of halogens is 1. The molecule has 6 heteroatoms. The van der Waals surface area contributed by atoms with Gasteiger partial charge in [-0.05, 0) is 38.8 Å². The van der Waals surface area contributed by atoms with E-state index < -0.39 is 0 Å². The quantitative estimate of drug-likeness (QED) is 0.629. The second kappa shape index (κ2) is 7.07. The third-order valence-corrected chi connectivity index (χ3v) is 5.69. The number of carbonyl (C=O) groups is 1. The number of piperidine rings is 2. The first-order chi connectivity index (χ1) is 10.3. The normalized spacial score (nSPS) is 21.7. The predicted octanol–water partition coefficient (Wildman–Crippen LogP) is 3.02. The summed E-state index contributed by atoms with van der Waals surface area (Å²) in [4.78, 5) is 21.0. The Kier molecular flexibility index (Phi) is 5.14. The van der Waals surface area contributed by atoms with Gasteiger partial charge < -0.3 is 9.80 Å². The summed E-state index contributed by atoms with van der Waals surface area (Å²) in [5, 5.41) is 2.80. The molecule has 2 fully saturated rings. The molecule has 2 aliphatic heterocycles. The van der Waals surface area contributed by atoms with Crippen LogP contribution in [0.15, 0.2) is 5.38 Å². The van der Waals surface area contributed by atoms with E-state index in [0.29, 0.717) is 5.69 Å². The molecule has 2 aliphatic rings. The van der Waals surface area contributed by atoms with Gasteiger partial charge in [-0.25, -0.2) is 4.98 Å². The molecular weight excluding hydrogens is 306 g/mol. The fourth-order valence-corrected chi connectivity index (χ4v) is 4.33. The summed E-state index contributed by atoms with van der Waals surface area (Å²) in [7, 11) is 0. The zero-order valence-corrected chi connectivity index (χ0v) is 13.8. The van der Waals surface area contributed by atoms with E-state index in [1.807, 2.05) is 5.38 Å². The number of hydrogen-bond acceptors (Lipinski definition) is 5. The first-order valence-electron chi connectivity index (χ1n) is 7.81. The Balaban J connectivity index is 1.55. The molecule has 0 spiro atoms. The van der Waals surface area contributed by atoms with Crippen LogP contribution in [0.2, 0.25) is 0 Å². The highest BCUT2D eigenvalue weighted by Gasteiger charge is 2.26. The summed E-state index contributed by atoms with van der Waals surface area (Å²) in [6, 6.07) is 0.741. The number of thiazole rings is 1. The number of hydrogen-bond donors (Lipinski definition) is 0. The van der Waals surface area contributed by atoms with Crippen molar-refractivity contribution in [2.45, 2.75) is 38.1 Å². The Morgan fingerprint density at radius 1 is 1.24 bits per heavy atom. The highest BCUT2D eigenvalue weighted by molar-refractivity contribution is 7.14. The van der Waals surface area contributed by atoms with Crippen molar-refractivity contribution in [1.29, 1.82) is 0 Å². The van der Waals surface area contributed by atoms with Gasteiger partial charge in [-0.1, -0.05) is 6.42 Å². The van der Waals surface area contributed by atoms with Gasteiger partial charge in [0, 0.05) is 24.5 Å². The van der Waals surface area contributed by atoms with Gasteiger partial charge in [0.15, 0.2) is 10.9 Å². The minimum absolute atomic E-state index is 0.0141. The van der Waals surface area contributed by atoms with Crippen molar-refractivity contribution in [3.8, 4) is 0 Å². The van der Waals surface area contributed by atoms with Crippen LogP contribution in [0.3, 0.4) is 0 Å². The van der Waals surface area contributed by atoms with Crippen molar-refractivity contribution >= 4 is 33.9 Å². The van der Waals surface area contributed by atoms with Gasteiger partial charge in [0.2, 0.25) is 0 Å². The van der Waals surface area contributed by atoms with Crippen LogP contribution in [0, 0.1) is 0 Å². The Bertz CT molecular complexity index is 479. The molecule has 0 unspecified atom stereocenters. The van der Waals surface area contributed by atoms with E-state index in [0.717, 1.165) is 24.3 Å². The predicted molar refractivity (Wildman–Crippen MR) is 87.8 cm³/mol. The van der Waals surface area contributed by atoms with Crippen LogP contribution in [-0.4, -0.2) is 53.8 Å². The zero-order chi connectivity index (χ0) is 14.7. The number of ketones is 1. The van der Waals surface area contributed by atoms with E-state index in [2.05, 4.69) is 14.8 Å². The molecule has 3 heterocycles. The first-order valence-corrected chi connectivity index (χ1v) is 9.23. The van der Waals surface area contributed by atoms with Crippen molar-refractivity contribution in [1.82, 2.24) is 9.88 Å². The maximum atomic E-state index is 11.6. The smallest absolute Gasteiger partial charge is 0.196 e. The molecule has 0 aliphatic carbocycles. The summed E-state index contributed by atoms with van der Waals surface area (Å²) in [6.07, 6.45) is 6.52. The monoisotopic (exact) mass is 327 g/mol. The Morgan fingerprint density at radius 3 is 2.62 bits per heavy atom. The number of likely N-dealkylation sites (tertiary alicyclic amines) is 1. The molecule has 0 N–H and O–H groups in total. The molecule has 0 aromatic carbocycles. The van der Waals surface area contributed by atoms with Crippen molar-refractivity contribution in [2.24, 2.45) is 0 Å². The van der Waals surface area contributed by atoms with E-state index in [1.54, 1.807) is 11.3 Å². The molecule has 116 valence electrons. The number of nitrogens with zero attached hydrogens (tertiary/aromatic N) is 3. The number of aromatic nitrogens is 1. The van der Waals surface area contributed by atoms with Gasteiger partial charge in [0.05, 0.1) is 5.88 Å². The topological polar surface area (TPSA) is 36.4 Å². The van der Waals surface area contributed by atoms with Crippen LogP contribution >= 0.6 is 22.9 Å². The molecule has 2 saturated heterocycles. The van der Waals surface area contributed by atoms with Crippen molar-refractivity contribution in [2.75, 3.05) is 37.0 Å². The van der Waals surface area contributed by atoms with Gasteiger partial charge in [0.25, 0.3) is 0 Å². The highest BCUT2D eigenvalue weighted by Crippen LogP contribution is 2.27. The van der Waals surface area contributed by atoms with Gasteiger partial charge in [-0.2, -0.15) is 0 Å². The molecule has 21 heavy (non-hydrogen) atoms. The molecule has 4 nitrogen and oxygen atoms in total. The van der Waals surface area contributed by atoms with Gasteiger partial charge in [-0.15, -0.1) is 22.9 Å². The molecular formula is C15H22ClN3OS. The lowest BCUT2D eigenvalue weighted by atomic mass is 10.0. The van der Waals surface area contributed by atoms with E-state index in [4.69, 9.17) is 11.6 Å². The minimum Gasteiger partial charge on any atom is -0.348 e. The molecule has 1 aromatic heterocycles. The SMILES string of the molecule is O=C(CCl)c1csc(N2CCC(N3CCCCC3)CC2)n1. The lowest BCUT2D eigenvalue weighted by molar-refractivity contribution is 0.101. The maximum absolute atomic E-state index is 11.6. The molecule has 0 amide bonds. The molecule has 3 rings (SSSR count). The second-order valence-corrected chi connectivity index (χ2v) is 6.99. The van der Waals surface area contributed by atoms with Crippen LogP contribution in [0.4, 0.5) is 5.13 Å². The van der Waals surface area contributed by atoms with Crippen LogP contribution in [-0.2, 0) is 0 Å². The summed E-state index contributed by atoms with van der Waals surface area (Å²) in [5.74, 6) is -0.0670. The lowest BCUT2D eigenvalue weighted by Gasteiger charge is -2.40. The average molecular weight is 328 g/mol. The largest absolute Gasteiger partial charge is 0.348 e. The number of anilines is 1. The number of rotatable bonds is 4. The lowest BCUT2D eigenvalue weighted by Crippen LogP contribution is -2.46. The third-order valence-electron chi connectivity index (χ3n) is 4.54. The number of carbonyl (C=O) groups excluding carboxylic acids is 1. The van der Waals surface area contributed by atoms with E-state index >= 15 is 0 Å². The number of Topliss-reactive ketones (excluding diaryl/α,β-unsaturated/α-hetero) is 1. The molecule has 0 radical (unpaired) electrons. The molecule has 0 saturated carbocycles. The summed E-state index contributed by atoms with van der Waals surface area (Å²) >= 11 is 7.14. The summed E-state index contributed by atoms with van der Waals surface area (Å²) in [5.41, 5.74) is 0.517. The van der Waals surface area contributed by atoms with Gasteiger partial charge >= 0.3 is 0 Å². The van der Waals surface area contributed by atoms with E-state index in [1.165, 1.54) is 45.2 Å². The Hall–Kier alpha value is -0.650. The Morgan fingerprint density at radius 2 is 1.95 bits per heavy atom. The molecule has 0 bridgehead atoms. The van der Waals surface area contributed by atoms with Crippen molar-refractivity contribution in [3.05, 3.63) is 11.1 Å². The van der Waals surface area contributed by atoms with Crippen LogP contribution in [0.25, 0.3) is 0 Å². The Labute approximate surface area is 135 Å². The average Bonchev–Trinajstić information content (AvgIpc) is 3.05. The van der Waals surface area contributed by atoms with Crippen LogP contribution < -0.4 is 4.90 Å². The van der Waals surface area contributed by atoms with Crippen molar-refractivity contribution < 1.29 is 4.79 Å². The first kappa shape index (κ1) is 15.3. The zero-order valence-electron chi connectivity index (χ0n) is 12.3. The second-order valence-electron chi connectivity index (χ2n) is 5.89. The third kappa shape index (κ3) is 3.58. The standard InChI is InChI=1S/C15H22ClN3OS/c16-10-14(20)13-11-21-15(17-13)19-8-4-12(5-9-19)18-6-2-1-3-7-18/h11-12H,1-10H2. The molecule has 0 atom stereocenters. The maximum Gasteiger partial charge on any atom is 0.196 e. The highest BCUT2D eigenvalue weighted by atomic mass is 35.5. The molecule has 1 aromatic rings. The van der Waals surface area contributed by atoms with E-state index in [9.17, 15) is 4.79 Å². The minimum atomic E-state index is -0.0811. The van der Waals surface area contributed by atoms with Crippen LogP contribution in [0.5, 0.6) is 0 Å².